The summed E-state index contributed by atoms with van der Waals surface area (Å²) in [5.41, 5.74) is 0.660. The lowest BCUT2D eigenvalue weighted by atomic mass is 10.1. The van der Waals surface area contributed by atoms with Gasteiger partial charge in [-0.3, -0.25) is 19.8 Å². The number of carbonyl (C=O) groups excluding carboxylic acids is 1. The maximum absolute atomic E-state index is 12.3. The zero-order chi connectivity index (χ0) is 18.8. The predicted octanol–water partition coefficient (Wildman–Crippen LogP) is 5.00. The van der Waals surface area contributed by atoms with Gasteiger partial charge in [0.2, 0.25) is 0 Å². The zero-order valence-corrected chi connectivity index (χ0v) is 16.4. The van der Waals surface area contributed by atoms with Crippen molar-refractivity contribution >= 4 is 61.9 Å². The number of halogens is 1. The Morgan fingerprint density at radius 2 is 2.15 bits per heavy atom. The summed E-state index contributed by atoms with van der Waals surface area (Å²) in [6.45, 7) is 3.98. The third-order valence-corrected chi connectivity index (χ3v) is 5.55. The van der Waals surface area contributed by atoms with Crippen LogP contribution in [0.4, 0.5) is 5.69 Å². The van der Waals surface area contributed by atoms with Crippen LogP contribution in [-0.4, -0.2) is 26.6 Å². The minimum absolute atomic E-state index is 0.0155. The number of amides is 1. The summed E-state index contributed by atoms with van der Waals surface area (Å²) in [5.74, 6) is 0.832. The van der Waals surface area contributed by atoms with Gasteiger partial charge in [0.1, 0.15) is 15.8 Å². The lowest BCUT2D eigenvalue weighted by Gasteiger charge is -2.10. The molecule has 132 valence electrons. The molecule has 2 heterocycles. The molecule has 1 saturated heterocycles. The van der Waals surface area contributed by atoms with Crippen LogP contribution in [0.5, 0.6) is 0 Å². The van der Waals surface area contributed by atoms with Crippen LogP contribution in [0, 0.1) is 10.1 Å². The van der Waals surface area contributed by atoms with Gasteiger partial charge in [0, 0.05) is 34.8 Å². The minimum Gasteiger partial charge on any atom is -0.457 e. The smallest absolute Gasteiger partial charge is 0.270 e. The lowest BCUT2D eigenvalue weighted by Crippen LogP contribution is -2.27. The Hall–Kier alpha value is -2.23. The molecule has 0 unspecified atom stereocenters. The fraction of sp³-hybridized carbons (Fsp3) is 0.0588. The van der Waals surface area contributed by atoms with E-state index in [9.17, 15) is 14.9 Å². The first kappa shape index (κ1) is 18.6. The highest BCUT2D eigenvalue weighted by Gasteiger charge is 2.31. The van der Waals surface area contributed by atoms with Crippen molar-refractivity contribution in [1.29, 1.82) is 0 Å². The predicted molar refractivity (Wildman–Crippen MR) is 109 cm³/mol. The van der Waals surface area contributed by atoms with Crippen molar-refractivity contribution in [3.05, 3.63) is 68.2 Å². The molecule has 6 nitrogen and oxygen atoms in total. The fourth-order valence-corrected chi connectivity index (χ4v) is 4.13. The Kier molecular flexibility index (Phi) is 5.40. The Morgan fingerprint density at radius 1 is 1.38 bits per heavy atom. The van der Waals surface area contributed by atoms with E-state index in [1.807, 2.05) is 0 Å². The van der Waals surface area contributed by atoms with Crippen molar-refractivity contribution in [3.8, 4) is 11.3 Å². The second kappa shape index (κ2) is 7.56. The molecule has 1 fully saturated rings. The molecule has 0 radical (unpaired) electrons. The van der Waals surface area contributed by atoms with Crippen LogP contribution >= 0.6 is 39.9 Å². The molecular weight excluding hydrogens is 440 g/mol. The Bertz CT molecular complexity index is 967. The molecule has 0 atom stereocenters. The number of hydrogen-bond acceptors (Lipinski definition) is 6. The van der Waals surface area contributed by atoms with E-state index in [4.69, 9.17) is 16.6 Å². The number of furan rings is 1. The molecular formula is C17H11BrN2O4S2. The molecule has 0 bridgehead atoms. The van der Waals surface area contributed by atoms with Crippen LogP contribution in [-0.2, 0) is 4.79 Å². The van der Waals surface area contributed by atoms with Gasteiger partial charge < -0.3 is 4.42 Å². The molecule has 0 aliphatic carbocycles. The number of hydrogen-bond donors (Lipinski definition) is 0. The Balaban J connectivity index is 1.87. The van der Waals surface area contributed by atoms with Gasteiger partial charge in [0.05, 0.1) is 9.83 Å². The average Bonchev–Trinajstić information content (AvgIpc) is 3.15. The van der Waals surface area contributed by atoms with Gasteiger partial charge in [-0.15, -0.1) is 6.58 Å². The molecule has 1 aromatic carbocycles. The lowest BCUT2D eigenvalue weighted by molar-refractivity contribution is -0.384. The maximum Gasteiger partial charge on any atom is 0.270 e. The van der Waals surface area contributed by atoms with Gasteiger partial charge in [-0.1, -0.05) is 30.1 Å². The summed E-state index contributed by atoms with van der Waals surface area (Å²) < 4.78 is 6.79. The van der Waals surface area contributed by atoms with Crippen LogP contribution < -0.4 is 0 Å². The van der Waals surface area contributed by atoms with Gasteiger partial charge in [-0.05, 0) is 34.1 Å². The van der Waals surface area contributed by atoms with Crippen molar-refractivity contribution in [2.75, 3.05) is 6.54 Å². The first-order valence-corrected chi connectivity index (χ1v) is 9.33. The first-order chi connectivity index (χ1) is 12.4. The van der Waals surface area contributed by atoms with Crippen LogP contribution in [0.25, 0.3) is 17.4 Å². The first-order valence-electron chi connectivity index (χ1n) is 7.31. The highest BCUT2D eigenvalue weighted by molar-refractivity contribution is 9.10. The third-order valence-electron chi connectivity index (χ3n) is 3.51. The molecule has 1 aromatic heterocycles. The molecule has 0 N–H and O–H groups in total. The summed E-state index contributed by atoms with van der Waals surface area (Å²) in [4.78, 5) is 24.6. The molecule has 1 aliphatic rings. The standard InChI is InChI=1S/C17H11BrN2O4S2/c1-2-7-19-16(21)15(26-17(19)25)9-11-4-6-14(24-11)12-5-3-10(20(22)23)8-13(12)18/h2-6,8-9H,1,7H2/b15-9+. The van der Waals surface area contributed by atoms with Crippen molar-refractivity contribution in [2.45, 2.75) is 0 Å². The summed E-state index contributed by atoms with van der Waals surface area (Å²) in [6, 6.07) is 7.89. The van der Waals surface area contributed by atoms with Crippen molar-refractivity contribution in [2.24, 2.45) is 0 Å². The highest BCUT2D eigenvalue weighted by atomic mass is 79.9. The average molecular weight is 451 g/mol. The number of thiocarbonyl (C=S) groups is 1. The van der Waals surface area contributed by atoms with E-state index in [2.05, 4.69) is 22.5 Å². The van der Waals surface area contributed by atoms with Crippen molar-refractivity contribution in [1.82, 2.24) is 4.90 Å². The molecule has 2 aromatic rings. The van der Waals surface area contributed by atoms with E-state index in [1.165, 1.54) is 28.8 Å². The number of non-ortho nitro benzene ring substituents is 1. The van der Waals surface area contributed by atoms with Gasteiger partial charge in [-0.2, -0.15) is 0 Å². The van der Waals surface area contributed by atoms with E-state index in [1.54, 1.807) is 30.4 Å². The van der Waals surface area contributed by atoms with Crippen LogP contribution in [0.15, 0.2) is 56.8 Å². The van der Waals surface area contributed by atoms with Crippen LogP contribution in [0.2, 0.25) is 0 Å². The summed E-state index contributed by atoms with van der Waals surface area (Å²) in [7, 11) is 0. The van der Waals surface area contributed by atoms with E-state index in [0.717, 1.165) is 0 Å². The second-order valence-electron chi connectivity index (χ2n) is 5.20. The Labute approximate surface area is 166 Å². The molecule has 1 amide bonds. The normalized spacial score (nSPS) is 15.7. The van der Waals surface area contributed by atoms with Gasteiger partial charge in [-0.25, -0.2) is 0 Å². The van der Waals surface area contributed by atoms with Crippen molar-refractivity contribution in [3.63, 3.8) is 0 Å². The quantitative estimate of drug-likeness (QED) is 0.209. The molecule has 3 rings (SSSR count). The largest absolute Gasteiger partial charge is 0.457 e. The number of nitrogens with zero attached hydrogens (tertiary/aromatic N) is 2. The summed E-state index contributed by atoms with van der Waals surface area (Å²) in [5, 5.41) is 10.8. The maximum atomic E-state index is 12.3. The van der Waals surface area contributed by atoms with Gasteiger partial charge >= 0.3 is 0 Å². The molecule has 9 heteroatoms. The highest BCUT2D eigenvalue weighted by Crippen LogP contribution is 2.35. The number of benzene rings is 1. The topological polar surface area (TPSA) is 76.6 Å². The Morgan fingerprint density at radius 3 is 2.81 bits per heavy atom. The SMILES string of the molecule is C=CCN1C(=O)/C(=C\c2ccc(-c3ccc([N+](=O)[O-])cc3Br)o2)SC1=S. The number of nitro benzene ring substituents is 1. The molecule has 0 saturated carbocycles. The molecule has 1 aliphatic heterocycles. The molecule has 0 spiro atoms. The number of thioether (sulfide) groups is 1. The fourth-order valence-electron chi connectivity index (χ4n) is 2.31. The van der Waals surface area contributed by atoms with E-state index >= 15 is 0 Å². The van der Waals surface area contributed by atoms with Gasteiger partial charge in [0.15, 0.2) is 0 Å². The third kappa shape index (κ3) is 3.64. The number of rotatable bonds is 5. The van der Waals surface area contributed by atoms with Crippen LogP contribution in [0.1, 0.15) is 5.76 Å². The van der Waals surface area contributed by atoms with E-state index in [0.29, 0.717) is 37.3 Å². The van der Waals surface area contributed by atoms with E-state index in [-0.39, 0.29) is 11.6 Å². The van der Waals surface area contributed by atoms with Crippen molar-refractivity contribution < 1.29 is 14.1 Å². The summed E-state index contributed by atoms with van der Waals surface area (Å²) >= 11 is 9.72. The second-order valence-corrected chi connectivity index (χ2v) is 7.73. The summed E-state index contributed by atoms with van der Waals surface area (Å²) in [6.07, 6.45) is 3.25. The minimum atomic E-state index is -0.465. The number of carbonyl (C=O) groups is 1. The van der Waals surface area contributed by atoms with E-state index < -0.39 is 4.92 Å². The zero-order valence-electron chi connectivity index (χ0n) is 13.2. The van der Waals surface area contributed by atoms with Gasteiger partial charge in [0.25, 0.3) is 11.6 Å². The molecule has 26 heavy (non-hydrogen) atoms. The van der Waals surface area contributed by atoms with Crippen LogP contribution in [0.3, 0.4) is 0 Å². The monoisotopic (exact) mass is 450 g/mol. The number of nitro groups is 1.